The minimum absolute atomic E-state index is 0.140. The summed E-state index contributed by atoms with van der Waals surface area (Å²) in [5.41, 5.74) is 6.30. The van der Waals surface area contributed by atoms with Crippen molar-refractivity contribution in [3.63, 3.8) is 0 Å². The first-order chi connectivity index (χ1) is 8.17. The second-order valence-electron chi connectivity index (χ2n) is 3.84. The summed E-state index contributed by atoms with van der Waals surface area (Å²) in [5.74, 6) is 0.812. The smallest absolute Gasteiger partial charge is 0.125 e. The molecule has 0 amide bonds. The number of anilines is 1. The van der Waals surface area contributed by atoms with Crippen molar-refractivity contribution in [1.82, 2.24) is 0 Å². The van der Waals surface area contributed by atoms with E-state index in [2.05, 4.69) is 11.6 Å². The van der Waals surface area contributed by atoms with Crippen molar-refractivity contribution < 1.29 is 4.39 Å². The van der Waals surface area contributed by atoms with Gasteiger partial charge < -0.3 is 11.1 Å². The maximum Gasteiger partial charge on any atom is 0.125 e. The van der Waals surface area contributed by atoms with Gasteiger partial charge in [0.25, 0.3) is 0 Å². The van der Waals surface area contributed by atoms with Gasteiger partial charge >= 0.3 is 0 Å². The number of hydrogen-bond acceptors (Lipinski definition) is 3. The van der Waals surface area contributed by atoms with Crippen LogP contribution in [0.2, 0.25) is 5.02 Å². The topological polar surface area (TPSA) is 38.0 Å². The zero-order chi connectivity index (χ0) is 12.7. The van der Waals surface area contributed by atoms with E-state index in [0.29, 0.717) is 17.3 Å². The lowest BCUT2D eigenvalue weighted by Gasteiger charge is -2.18. The SMILES string of the molecule is CSCCCC(CN)Nc1cc(F)ccc1Cl. The summed E-state index contributed by atoms with van der Waals surface area (Å²) in [7, 11) is 0. The Balaban J connectivity index is 2.57. The number of benzene rings is 1. The summed E-state index contributed by atoms with van der Waals surface area (Å²) in [4.78, 5) is 0. The van der Waals surface area contributed by atoms with E-state index in [0.717, 1.165) is 18.6 Å². The molecule has 17 heavy (non-hydrogen) atoms. The third-order valence-electron chi connectivity index (χ3n) is 2.47. The molecule has 0 bridgehead atoms. The van der Waals surface area contributed by atoms with E-state index in [1.165, 1.54) is 12.1 Å². The number of rotatable bonds is 7. The Morgan fingerprint density at radius 3 is 2.94 bits per heavy atom. The highest BCUT2D eigenvalue weighted by Crippen LogP contribution is 2.23. The summed E-state index contributed by atoms with van der Waals surface area (Å²) >= 11 is 7.80. The normalized spacial score (nSPS) is 12.5. The molecule has 96 valence electrons. The van der Waals surface area contributed by atoms with Crippen LogP contribution in [0, 0.1) is 5.82 Å². The first kappa shape index (κ1) is 14.6. The summed E-state index contributed by atoms with van der Waals surface area (Å²) < 4.78 is 13.1. The van der Waals surface area contributed by atoms with Crippen LogP contribution in [0.1, 0.15) is 12.8 Å². The van der Waals surface area contributed by atoms with Gasteiger partial charge in [0, 0.05) is 12.6 Å². The summed E-state index contributed by atoms with van der Waals surface area (Å²) in [6.07, 6.45) is 4.13. The highest BCUT2D eigenvalue weighted by atomic mass is 35.5. The second-order valence-corrected chi connectivity index (χ2v) is 5.23. The van der Waals surface area contributed by atoms with Crippen LogP contribution in [0.15, 0.2) is 18.2 Å². The maximum atomic E-state index is 13.1. The van der Waals surface area contributed by atoms with Gasteiger partial charge in [-0.2, -0.15) is 11.8 Å². The fourth-order valence-electron chi connectivity index (χ4n) is 1.55. The fourth-order valence-corrected chi connectivity index (χ4v) is 2.18. The van der Waals surface area contributed by atoms with Crippen LogP contribution in [-0.4, -0.2) is 24.6 Å². The Bertz CT molecular complexity index is 349. The minimum Gasteiger partial charge on any atom is -0.380 e. The van der Waals surface area contributed by atoms with E-state index in [1.54, 1.807) is 6.07 Å². The first-order valence-electron chi connectivity index (χ1n) is 5.58. The Hall–Kier alpha value is -0.450. The third kappa shape index (κ3) is 5.15. The molecule has 0 fully saturated rings. The van der Waals surface area contributed by atoms with Crippen molar-refractivity contribution in [2.45, 2.75) is 18.9 Å². The van der Waals surface area contributed by atoms with Crippen LogP contribution in [0.4, 0.5) is 10.1 Å². The lowest BCUT2D eigenvalue weighted by molar-refractivity contribution is 0.624. The Morgan fingerprint density at radius 2 is 2.29 bits per heavy atom. The van der Waals surface area contributed by atoms with Gasteiger partial charge in [-0.3, -0.25) is 0 Å². The van der Waals surface area contributed by atoms with Crippen molar-refractivity contribution >= 4 is 29.1 Å². The van der Waals surface area contributed by atoms with Gasteiger partial charge in [-0.15, -0.1) is 0 Å². The maximum absolute atomic E-state index is 13.1. The summed E-state index contributed by atoms with van der Waals surface area (Å²) in [5, 5.41) is 3.71. The van der Waals surface area contributed by atoms with E-state index in [9.17, 15) is 4.39 Å². The average Bonchev–Trinajstić information content (AvgIpc) is 2.32. The quantitative estimate of drug-likeness (QED) is 0.750. The lowest BCUT2D eigenvalue weighted by Crippen LogP contribution is -2.29. The Kier molecular flexibility index (Phi) is 6.70. The van der Waals surface area contributed by atoms with Gasteiger partial charge in [-0.05, 0) is 43.0 Å². The van der Waals surface area contributed by atoms with Gasteiger partial charge in [-0.1, -0.05) is 11.6 Å². The van der Waals surface area contributed by atoms with Crippen molar-refractivity contribution in [2.24, 2.45) is 5.73 Å². The van der Waals surface area contributed by atoms with E-state index in [1.807, 2.05) is 11.8 Å². The molecule has 0 radical (unpaired) electrons. The van der Waals surface area contributed by atoms with Gasteiger partial charge in [0.15, 0.2) is 0 Å². The van der Waals surface area contributed by atoms with Gasteiger partial charge in [0.2, 0.25) is 0 Å². The predicted molar refractivity (Wildman–Crippen MR) is 75.5 cm³/mol. The highest BCUT2D eigenvalue weighted by Gasteiger charge is 2.09. The van der Waals surface area contributed by atoms with Crippen LogP contribution in [0.3, 0.4) is 0 Å². The van der Waals surface area contributed by atoms with E-state index in [-0.39, 0.29) is 11.9 Å². The van der Waals surface area contributed by atoms with E-state index in [4.69, 9.17) is 17.3 Å². The number of thioether (sulfide) groups is 1. The standard InChI is InChI=1S/C12H18ClFN2S/c1-17-6-2-3-10(8-15)16-12-7-9(14)4-5-11(12)13/h4-5,7,10,16H,2-3,6,8,15H2,1H3. The number of halogens is 2. The van der Waals surface area contributed by atoms with Gasteiger partial charge in [-0.25, -0.2) is 4.39 Å². The fraction of sp³-hybridized carbons (Fsp3) is 0.500. The van der Waals surface area contributed by atoms with Crippen molar-refractivity contribution in [1.29, 1.82) is 0 Å². The molecule has 1 rings (SSSR count). The molecule has 0 spiro atoms. The third-order valence-corrected chi connectivity index (χ3v) is 3.50. The van der Waals surface area contributed by atoms with Crippen LogP contribution >= 0.6 is 23.4 Å². The van der Waals surface area contributed by atoms with Gasteiger partial charge in [0.1, 0.15) is 5.82 Å². The number of nitrogens with one attached hydrogen (secondary N) is 1. The van der Waals surface area contributed by atoms with Crippen LogP contribution < -0.4 is 11.1 Å². The molecule has 5 heteroatoms. The number of hydrogen-bond donors (Lipinski definition) is 2. The zero-order valence-electron chi connectivity index (χ0n) is 9.88. The van der Waals surface area contributed by atoms with Crippen LogP contribution in [-0.2, 0) is 0 Å². The van der Waals surface area contributed by atoms with Crippen LogP contribution in [0.5, 0.6) is 0 Å². The molecule has 0 saturated heterocycles. The zero-order valence-corrected chi connectivity index (χ0v) is 11.5. The molecular formula is C12H18ClFN2S. The van der Waals surface area contributed by atoms with Crippen molar-refractivity contribution in [3.05, 3.63) is 29.0 Å². The highest BCUT2D eigenvalue weighted by molar-refractivity contribution is 7.98. The molecule has 0 aliphatic rings. The molecule has 2 nitrogen and oxygen atoms in total. The second kappa shape index (κ2) is 7.80. The lowest BCUT2D eigenvalue weighted by atomic mass is 10.1. The van der Waals surface area contributed by atoms with Crippen LogP contribution in [0.25, 0.3) is 0 Å². The molecule has 1 aromatic carbocycles. The van der Waals surface area contributed by atoms with E-state index >= 15 is 0 Å². The molecular weight excluding hydrogens is 259 g/mol. The number of nitrogens with two attached hydrogens (primary N) is 1. The minimum atomic E-state index is -0.295. The Morgan fingerprint density at radius 1 is 1.53 bits per heavy atom. The predicted octanol–water partition coefficient (Wildman–Crippen LogP) is 3.36. The molecule has 1 unspecified atom stereocenters. The monoisotopic (exact) mass is 276 g/mol. The molecule has 1 atom stereocenters. The molecule has 0 aromatic heterocycles. The molecule has 0 aliphatic heterocycles. The van der Waals surface area contributed by atoms with E-state index < -0.39 is 0 Å². The molecule has 0 aliphatic carbocycles. The largest absolute Gasteiger partial charge is 0.380 e. The molecule has 0 saturated carbocycles. The average molecular weight is 277 g/mol. The summed E-state index contributed by atoms with van der Waals surface area (Å²) in [6.45, 7) is 0.515. The molecule has 0 heterocycles. The Labute approximate surface area is 111 Å². The molecule has 3 N–H and O–H groups in total. The first-order valence-corrected chi connectivity index (χ1v) is 7.35. The van der Waals surface area contributed by atoms with Gasteiger partial charge in [0.05, 0.1) is 10.7 Å². The summed E-state index contributed by atoms with van der Waals surface area (Å²) in [6, 6.07) is 4.44. The van der Waals surface area contributed by atoms with Crippen molar-refractivity contribution in [3.8, 4) is 0 Å². The molecule has 1 aromatic rings. The van der Waals surface area contributed by atoms with Crippen molar-refractivity contribution in [2.75, 3.05) is 23.9 Å².